The number of rotatable bonds is 8. The largest absolute Gasteiger partial charge is 0.481 e. The third-order valence-corrected chi connectivity index (χ3v) is 6.08. The van der Waals surface area contributed by atoms with Crippen molar-refractivity contribution in [3.63, 3.8) is 0 Å². The van der Waals surface area contributed by atoms with Crippen molar-refractivity contribution in [2.45, 2.75) is 38.3 Å². The fourth-order valence-corrected chi connectivity index (χ4v) is 4.43. The Hall–Kier alpha value is -3.18. The summed E-state index contributed by atoms with van der Waals surface area (Å²) in [6, 6.07) is 23.2. The number of anilines is 1. The maximum atomic E-state index is 12.1. The smallest absolute Gasteiger partial charge is 0.303 e. The van der Waals surface area contributed by atoms with Crippen LogP contribution in [0.1, 0.15) is 48.1 Å². The molecule has 3 aromatic rings. The minimum Gasteiger partial charge on any atom is -0.481 e. The van der Waals surface area contributed by atoms with Crippen LogP contribution >= 0.6 is 0 Å². The monoisotopic (exact) mass is 416 g/mol. The predicted octanol–water partition coefficient (Wildman–Crippen LogP) is 4.82. The zero-order valence-corrected chi connectivity index (χ0v) is 17.8. The van der Waals surface area contributed by atoms with Crippen molar-refractivity contribution in [2.75, 3.05) is 18.0 Å². The fraction of sp³-hybridized carbons (Fsp3) is 0.308. The van der Waals surface area contributed by atoms with Gasteiger partial charge in [-0.25, -0.2) is 0 Å². The summed E-state index contributed by atoms with van der Waals surface area (Å²) in [6.07, 6.45) is 0.972. The van der Waals surface area contributed by atoms with Crippen molar-refractivity contribution in [3.05, 3.63) is 77.9 Å². The molecule has 0 amide bonds. The highest BCUT2D eigenvalue weighted by Gasteiger charge is 2.24. The van der Waals surface area contributed by atoms with E-state index in [0.29, 0.717) is 11.6 Å². The van der Waals surface area contributed by atoms with Crippen LogP contribution in [0.25, 0.3) is 10.8 Å². The van der Waals surface area contributed by atoms with Gasteiger partial charge in [-0.3, -0.25) is 9.59 Å². The summed E-state index contributed by atoms with van der Waals surface area (Å²) in [4.78, 5) is 25.1. The summed E-state index contributed by atoms with van der Waals surface area (Å²) < 4.78 is 0. The Morgan fingerprint density at radius 2 is 1.77 bits per heavy atom. The van der Waals surface area contributed by atoms with Crippen molar-refractivity contribution < 1.29 is 14.7 Å². The first-order valence-electron chi connectivity index (χ1n) is 10.8. The van der Waals surface area contributed by atoms with Crippen molar-refractivity contribution in [1.82, 2.24) is 5.32 Å². The number of carbonyl (C=O) groups excluding carboxylic acids is 1. The van der Waals surface area contributed by atoms with Gasteiger partial charge in [0.2, 0.25) is 0 Å². The van der Waals surface area contributed by atoms with E-state index in [1.807, 2.05) is 12.1 Å². The van der Waals surface area contributed by atoms with Gasteiger partial charge in [-0.1, -0.05) is 42.5 Å². The number of carboxylic acid groups (broad SMARTS) is 1. The van der Waals surface area contributed by atoms with Gasteiger partial charge in [0.15, 0.2) is 5.78 Å². The summed E-state index contributed by atoms with van der Waals surface area (Å²) in [5, 5.41) is 15.1. The molecule has 1 aliphatic heterocycles. The molecule has 1 fully saturated rings. The highest BCUT2D eigenvalue weighted by Crippen LogP contribution is 2.27. The molecule has 0 bridgehead atoms. The van der Waals surface area contributed by atoms with E-state index in [1.165, 1.54) is 16.3 Å². The minimum atomic E-state index is -0.946. The molecule has 0 saturated carbocycles. The van der Waals surface area contributed by atoms with E-state index < -0.39 is 5.97 Å². The lowest BCUT2D eigenvalue weighted by Crippen LogP contribution is -2.34. The number of hydrogen-bond donors (Lipinski definition) is 2. The molecule has 0 spiro atoms. The molecule has 1 aliphatic rings. The molecule has 5 nitrogen and oxygen atoms in total. The number of benzene rings is 3. The van der Waals surface area contributed by atoms with Gasteiger partial charge in [0.05, 0.1) is 6.42 Å². The maximum absolute atomic E-state index is 12.1. The number of fused-ring (bicyclic) bond motifs is 1. The average Bonchev–Trinajstić information content (AvgIpc) is 3.25. The molecule has 1 saturated heterocycles. The first kappa shape index (κ1) is 21.1. The molecule has 4 rings (SSSR count). The Bertz CT molecular complexity index is 1070. The van der Waals surface area contributed by atoms with Crippen LogP contribution in [0.3, 0.4) is 0 Å². The van der Waals surface area contributed by atoms with Crippen molar-refractivity contribution in [2.24, 2.45) is 0 Å². The Morgan fingerprint density at radius 1 is 1.03 bits per heavy atom. The topological polar surface area (TPSA) is 69.6 Å². The van der Waals surface area contributed by atoms with E-state index in [4.69, 9.17) is 5.11 Å². The number of aliphatic carboxylic acids is 1. The molecule has 160 valence electrons. The summed E-state index contributed by atoms with van der Waals surface area (Å²) in [5.74, 6) is -1.07. The van der Waals surface area contributed by atoms with Crippen LogP contribution in [0, 0.1) is 0 Å². The van der Waals surface area contributed by atoms with E-state index in [1.54, 1.807) is 12.1 Å². The average molecular weight is 417 g/mol. The zero-order valence-electron chi connectivity index (χ0n) is 17.8. The fourth-order valence-electron chi connectivity index (χ4n) is 4.43. The summed E-state index contributed by atoms with van der Waals surface area (Å²) >= 11 is 0. The summed E-state index contributed by atoms with van der Waals surface area (Å²) in [7, 11) is 0. The SMILES string of the molecule is C[C@@H](N[C@H]1CCN(c2ccc(C(=O)CCC(=O)O)cc2)C1)c1cccc2ccccc12. The van der Waals surface area contributed by atoms with Gasteiger partial charge in [0.1, 0.15) is 0 Å². The molecule has 5 heteroatoms. The van der Waals surface area contributed by atoms with Crippen LogP contribution in [0.2, 0.25) is 0 Å². The molecule has 31 heavy (non-hydrogen) atoms. The highest BCUT2D eigenvalue weighted by atomic mass is 16.4. The second-order valence-corrected chi connectivity index (χ2v) is 8.25. The van der Waals surface area contributed by atoms with Crippen molar-refractivity contribution >= 4 is 28.2 Å². The first-order valence-corrected chi connectivity index (χ1v) is 10.8. The van der Waals surface area contributed by atoms with Crippen molar-refractivity contribution in [1.29, 1.82) is 0 Å². The molecule has 1 heterocycles. The standard InChI is InChI=1S/C26H28N2O3/c1-18(23-8-4-6-19-5-2-3-7-24(19)23)27-21-15-16-28(17-21)22-11-9-20(10-12-22)25(29)13-14-26(30)31/h2-12,18,21,27H,13-17H2,1H3,(H,30,31)/t18-,21+/m1/s1. The van der Waals surface area contributed by atoms with Crippen molar-refractivity contribution in [3.8, 4) is 0 Å². The predicted molar refractivity (Wildman–Crippen MR) is 124 cm³/mol. The van der Waals surface area contributed by atoms with Gasteiger partial charge < -0.3 is 15.3 Å². The van der Waals surface area contributed by atoms with Gasteiger partial charge in [-0.2, -0.15) is 0 Å². The second-order valence-electron chi connectivity index (χ2n) is 8.25. The number of hydrogen-bond acceptors (Lipinski definition) is 4. The molecule has 0 unspecified atom stereocenters. The van der Waals surface area contributed by atoms with Crippen LogP contribution in [-0.2, 0) is 4.79 Å². The van der Waals surface area contributed by atoms with Gasteiger partial charge in [-0.05, 0) is 53.9 Å². The highest BCUT2D eigenvalue weighted by molar-refractivity contribution is 5.97. The number of carbonyl (C=O) groups is 2. The molecule has 3 aromatic carbocycles. The lowest BCUT2D eigenvalue weighted by molar-refractivity contribution is -0.136. The third kappa shape index (κ3) is 4.94. The molecule has 0 radical (unpaired) electrons. The van der Waals surface area contributed by atoms with E-state index >= 15 is 0 Å². The van der Waals surface area contributed by atoms with Gasteiger partial charge in [0.25, 0.3) is 0 Å². The number of carboxylic acids is 1. The van der Waals surface area contributed by atoms with Crippen LogP contribution in [-0.4, -0.2) is 36.0 Å². The normalized spacial score (nSPS) is 17.1. The maximum Gasteiger partial charge on any atom is 0.303 e. The zero-order chi connectivity index (χ0) is 21.8. The second kappa shape index (κ2) is 9.31. The van der Waals surface area contributed by atoms with E-state index in [0.717, 1.165) is 25.2 Å². The van der Waals surface area contributed by atoms with Crippen LogP contribution in [0.15, 0.2) is 66.7 Å². The molecular weight excluding hydrogens is 388 g/mol. The summed E-state index contributed by atoms with van der Waals surface area (Å²) in [6.45, 7) is 4.11. The third-order valence-electron chi connectivity index (χ3n) is 6.08. The number of nitrogens with zero attached hydrogens (tertiary/aromatic N) is 1. The molecular formula is C26H28N2O3. The first-order chi connectivity index (χ1) is 15.0. The van der Waals surface area contributed by atoms with Crippen LogP contribution in [0.4, 0.5) is 5.69 Å². The van der Waals surface area contributed by atoms with E-state index in [-0.39, 0.29) is 24.7 Å². The lowest BCUT2D eigenvalue weighted by atomic mass is 9.99. The molecule has 2 N–H and O–H groups in total. The molecule has 2 atom stereocenters. The van der Waals surface area contributed by atoms with Gasteiger partial charge >= 0.3 is 5.97 Å². The minimum absolute atomic E-state index is 0.0381. The Labute approximate surface area is 182 Å². The molecule has 0 aromatic heterocycles. The lowest BCUT2D eigenvalue weighted by Gasteiger charge is -2.23. The molecule has 0 aliphatic carbocycles. The van der Waals surface area contributed by atoms with E-state index in [2.05, 4.69) is 59.6 Å². The number of ketones is 1. The quantitative estimate of drug-likeness (QED) is 0.516. The summed E-state index contributed by atoms with van der Waals surface area (Å²) in [5.41, 5.74) is 2.99. The number of nitrogens with one attached hydrogen (secondary N) is 1. The Kier molecular flexibility index (Phi) is 6.33. The van der Waals surface area contributed by atoms with Crippen LogP contribution < -0.4 is 10.2 Å². The Balaban J connectivity index is 1.37. The van der Waals surface area contributed by atoms with E-state index in [9.17, 15) is 9.59 Å². The Morgan fingerprint density at radius 3 is 2.55 bits per heavy atom. The number of Topliss-reactive ketones (excluding diaryl/α,β-unsaturated/α-hetero) is 1. The van der Waals surface area contributed by atoms with Gasteiger partial charge in [0, 0.05) is 42.8 Å². The van der Waals surface area contributed by atoms with Gasteiger partial charge in [-0.15, -0.1) is 0 Å². The van der Waals surface area contributed by atoms with Crippen LogP contribution in [0.5, 0.6) is 0 Å².